The van der Waals surface area contributed by atoms with Crippen molar-refractivity contribution < 1.29 is 9.53 Å². The van der Waals surface area contributed by atoms with E-state index in [2.05, 4.69) is 15.5 Å². The van der Waals surface area contributed by atoms with Gasteiger partial charge in [0.15, 0.2) is 0 Å². The summed E-state index contributed by atoms with van der Waals surface area (Å²) in [6, 6.07) is 7.37. The molecule has 100 valence electrons. The van der Waals surface area contributed by atoms with Gasteiger partial charge in [0.05, 0.1) is 23.6 Å². The first-order valence-corrected chi connectivity index (χ1v) is 6.18. The molecule has 5 heteroatoms. The number of carbonyl (C=O) groups excluding carboxylic acids is 1. The molecule has 0 unspecified atom stereocenters. The van der Waals surface area contributed by atoms with Crippen molar-refractivity contribution in [2.45, 2.75) is 20.8 Å². The number of nitrogens with one attached hydrogen (secondary N) is 2. The number of rotatable bonds is 4. The van der Waals surface area contributed by atoms with E-state index in [1.54, 1.807) is 6.92 Å². The molecule has 1 aromatic carbocycles. The van der Waals surface area contributed by atoms with E-state index in [-0.39, 0.29) is 5.91 Å². The lowest BCUT2D eigenvalue weighted by Gasteiger charge is -2.11. The van der Waals surface area contributed by atoms with Crippen molar-refractivity contribution >= 4 is 11.6 Å². The van der Waals surface area contributed by atoms with E-state index in [1.165, 1.54) is 0 Å². The maximum Gasteiger partial charge on any atom is 0.259 e. The van der Waals surface area contributed by atoms with Gasteiger partial charge in [-0.1, -0.05) is 12.1 Å². The molecule has 0 saturated carbocycles. The number of aromatic amines is 1. The average molecular weight is 259 g/mol. The highest BCUT2D eigenvalue weighted by atomic mass is 16.5. The minimum absolute atomic E-state index is 0.184. The van der Waals surface area contributed by atoms with E-state index in [0.29, 0.717) is 29.3 Å². The molecule has 0 atom stereocenters. The maximum absolute atomic E-state index is 12.2. The number of ether oxygens (including phenoxy) is 1. The van der Waals surface area contributed by atoms with Gasteiger partial charge < -0.3 is 10.1 Å². The molecular formula is C14H17N3O2. The van der Waals surface area contributed by atoms with Crippen molar-refractivity contribution in [3.63, 3.8) is 0 Å². The summed E-state index contributed by atoms with van der Waals surface area (Å²) in [4.78, 5) is 12.2. The van der Waals surface area contributed by atoms with E-state index in [0.717, 1.165) is 5.69 Å². The number of aromatic nitrogens is 2. The molecule has 19 heavy (non-hydrogen) atoms. The molecule has 2 aromatic rings. The molecule has 0 aliphatic carbocycles. The minimum atomic E-state index is -0.184. The molecule has 0 bridgehead atoms. The Morgan fingerprint density at radius 2 is 2.11 bits per heavy atom. The minimum Gasteiger partial charge on any atom is -0.492 e. The summed E-state index contributed by atoms with van der Waals surface area (Å²) in [5, 5.41) is 9.68. The molecule has 1 heterocycles. The molecule has 2 rings (SSSR count). The fourth-order valence-corrected chi connectivity index (χ4v) is 1.92. The predicted octanol–water partition coefficient (Wildman–Crippen LogP) is 2.68. The number of carbonyl (C=O) groups is 1. The van der Waals surface area contributed by atoms with Crippen LogP contribution < -0.4 is 10.1 Å². The molecule has 2 N–H and O–H groups in total. The molecule has 0 radical (unpaired) electrons. The average Bonchev–Trinajstić information content (AvgIpc) is 2.72. The monoisotopic (exact) mass is 259 g/mol. The zero-order valence-electron chi connectivity index (χ0n) is 11.3. The highest BCUT2D eigenvalue weighted by Crippen LogP contribution is 2.24. The summed E-state index contributed by atoms with van der Waals surface area (Å²) < 4.78 is 5.48. The first-order valence-electron chi connectivity index (χ1n) is 6.18. The molecule has 0 spiro atoms. The van der Waals surface area contributed by atoms with E-state index in [4.69, 9.17) is 4.74 Å². The molecule has 0 fully saturated rings. The van der Waals surface area contributed by atoms with Crippen LogP contribution in [0.15, 0.2) is 24.3 Å². The number of para-hydroxylation sites is 2. The lowest BCUT2D eigenvalue weighted by molar-refractivity contribution is 0.102. The fourth-order valence-electron chi connectivity index (χ4n) is 1.92. The van der Waals surface area contributed by atoms with Crippen LogP contribution in [0.4, 0.5) is 5.69 Å². The van der Waals surface area contributed by atoms with Gasteiger partial charge in [-0.05, 0) is 32.9 Å². The molecule has 5 nitrogen and oxygen atoms in total. The summed E-state index contributed by atoms with van der Waals surface area (Å²) in [7, 11) is 0. The Morgan fingerprint density at radius 3 is 2.74 bits per heavy atom. The first kappa shape index (κ1) is 13.1. The van der Waals surface area contributed by atoms with Crippen LogP contribution in [0, 0.1) is 13.8 Å². The third kappa shape index (κ3) is 2.76. The van der Waals surface area contributed by atoms with Crippen LogP contribution in [-0.4, -0.2) is 22.7 Å². The summed E-state index contributed by atoms with van der Waals surface area (Å²) in [6.07, 6.45) is 0. The van der Waals surface area contributed by atoms with Gasteiger partial charge in [-0.2, -0.15) is 5.10 Å². The first-order chi connectivity index (χ1) is 9.13. The zero-order chi connectivity index (χ0) is 13.8. The zero-order valence-corrected chi connectivity index (χ0v) is 11.3. The number of hydrogen-bond acceptors (Lipinski definition) is 3. The quantitative estimate of drug-likeness (QED) is 0.887. The van der Waals surface area contributed by atoms with Gasteiger partial charge in [-0.3, -0.25) is 9.89 Å². The predicted molar refractivity (Wildman–Crippen MR) is 73.6 cm³/mol. The normalized spacial score (nSPS) is 10.3. The van der Waals surface area contributed by atoms with Crippen LogP contribution in [0.3, 0.4) is 0 Å². The van der Waals surface area contributed by atoms with E-state index in [9.17, 15) is 4.79 Å². The van der Waals surface area contributed by atoms with E-state index < -0.39 is 0 Å². The summed E-state index contributed by atoms with van der Waals surface area (Å²) in [5.74, 6) is 0.480. The lowest BCUT2D eigenvalue weighted by Crippen LogP contribution is -2.14. The van der Waals surface area contributed by atoms with Gasteiger partial charge in [0.25, 0.3) is 5.91 Å². The standard InChI is InChI=1S/C14H17N3O2/c1-4-19-12-8-6-5-7-11(12)15-14(18)13-9(2)16-17-10(13)3/h5-8H,4H2,1-3H3,(H,15,18)(H,16,17). The second-order valence-electron chi connectivity index (χ2n) is 4.19. The lowest BCUT2D eigenvalue weighted by atomic mass is 10.2. The topological polar surface area (TPSA) is 67.0 Å². The van der Waals surface area contributed by atoms with Crippen molar-refractivity contribution in [3.8, 4) is 5.75 Å². The third-order valence-electron chi connectivity index (χ3n) is 2.79. The molecule has 1 amide bonds. The second-order valence-corrected chi connectivity index (χ2v) is 4.19. The van der Waals surface area contributed by atoms with Crippen LogP contribution in [0.2, 0.25) is 0 Å². The SMILES string of the molecule is CCOc1ccccc1NC(=O)c1c(C)n[nH]c1C. The van der Waals surface area contributed by atoms with Gasteiger partial charge in [0, 0.05) is 5.69 Å². The van der Waals surface area contributed by atoms with Crippen LogP contribution in [0.1, 0.15) is 28.7 Å². The van der Waals surface area contributed by atoms with Crippen LogP contribution >= 0.6 is 0 Å². The molecule has 1 aromatic heterocycles. The Labute approximate surface area is 112 Å². The molecule has 0 aliphatic heterocycles. The Bertz CT molecular complexity index is 571. The van der Waals surface area contributed by atoms with Crippen molar-refractivity contribution in [1.29, 1.82) is 0 Å². The Hall–Kier alpha value is -2.30. The van der Waals surface area contributed by atoms with Crippen molar-refractivity contribution in [1.82, 2.24) is 10.2 Å². The Kier molecular flexibility index (Phi) is 3.85. The second kappa shape index (κ2) is 5.56. The van der Waals surface area contributed by atoms with Gasteiger partial charge in [-0.25, -0.2) is 0 Å². The summed E-state index contributed by atoms with van der Waals surface area (Å²) in [6.45, 7) is 6.08. The van der Waals surface area contributed by atoms with Gasteiger partial charge in [0.1, 0.15) is 5.75 Å². The summed E-state index contributed by atoms with van der Waals surface area (Å²) >= 11 is 0. The van der Waals surface area contributed by atoms with E-state index in [1.807, 2.05) is 38.1 Å². The number of nitrogens with zero attached hydrogens (tertiary/aromatic N) is 1. The van der Waals surface area contributed by atoms with Gasteiger partial charge >= 0.3 is 0 Å². The summed E-state index contributed by atoms with van der Waals surface area (Å²) in [5.41, 5.74) is 2.67. The largest absolute Gasteiger partial charge is 0.492 e. The molecule has 0 saturated heterocycles. The highest BCUT2D eigenvalue weighted by Gasteiger charge is 2.16. The number of aryl methyl sites for hydroxylation is 2. The van der Waals surface area contributed by atoms with Crippen molar-refractivity contribution in [3.05, 3.63) is 41.2 Å². The number of hydrogen-bond donors (Lipinski definition) is 2. The number of anilines is 1. The van der Waals surface area contributed by atoms with Gasteiger partial charge in [-0.15, -0.1) is 0 Å². The maximum atomic E-state index is 12.2. The Balaban J connectivity index is 2.24. The smallest absolute Gasteiger partial charge is 0.259 e. The highest BCUT2D eigenvalue weighted by molar-refractivity contribution is 6.06. The van der Waals surface area contributed by atoms with E-state index >= 15 is 0 Å². The Morgan fingerprint density at radius 1 is 1.37 bits per heavy atom. The third-order valence-corrected chi connectivity index (χ3v) is 2.79. The molecule has 0 aliphatic rings. The number of benzene rings is 1. The molecular weight excluding hydrogens is 242 g/mol. The van der Waals surface area contributed by atoms with Crippen LogP contribution in [-0.2, 0) is 0 Å². The van der Waals surface area contributed by atoms with Crippen molar-refractivity contribution in [2.24, 2.45) is 0 Å². The number of amides is 1. The van der Waals surface area contributed by atoms with Crippen molar-refractivity contribution in [2.75, 3.05) is 11.9 Å². The van der Waals surface area contributed by atoms with Gasteiger partial charge in [0.2, 0.25) is 0 Å². The number of H-pyrrole nitrogens is 1. The van der Waals surface area contributed by atoms with Crippen LogP contribution in [0.5, 0.6) is 5.75 Å². The van der Waals surface area contributed by atoms with Crippen LogP contribution in [0.25, 0.3) is 0 Å². The fraction of sp³-hybridized carbons (Fsp3) is 0.286.